The van der Waals surface area contributed by atoms with Crippen molar-refractivity contribution < 1.29 is 9.53 Å². The van der Waals surface area contributed by atoms with E-state index in [-0.39, 0.29) is 12.0 Å². The number of alkyl halides is 3. The van der Waals surface area contributed by atoms with Gasteiger partial charge < -0.3 is 10.1 Å². The molecule has 1 heterocycles. The Bertz CT molecular complexity index is 459. The Balaban J connectivity index is 1.94. The number of amides is 1. The maximum atomic E-state index is 12.1. The molecule has 4 nitrogen and oxygen atoms in total. The van der Waals surface area contributed by atoms with E-state index in [0.717, 1.165) is 19.4 Å². The van der Waals surface area contributed by atoms with Gasteiger partial charge in [0.1, 0.15) is 6.17 Å². The molecule has 2 atom stereocenters. The van der Waals surface area contributed by atoms with Crippen molar-refractivity contribution in [2.45, 2.75) is 28.9 Å². The van der Waals surface area contributed by atoms with Crippen molar-refractivity contribution in [2.24, 2.45) is 0 Å². The van der Waals surface area contributed by atoms with Crippen LogP contribution in [0.4, 0.5) is 0 Å². The summed E-state index contributed by atoms with van der Waals surface area (Å²) in [7, 11) is 0. The summed E-state index contributed by atoms with van der Waals surface area (Å²) in [4.78, 5) is 12.1. The lowest BCUT2D eigenvalue weighted by atomic mass is 10.2. The Hall–Kier alpha value is -0.520. The number of nitrogens with one attached hydrogen (secondary N) is 2. The van der Waals surface area contributed by atoms with Crippen LogP contribution in [0.2, 0.25) is 0 Å². The molecule has 2 N–H and O–H groups in total. The largest absolute Gasteiger partial charge is 0.377 e. The van der Waals surface area contributed by atoms with Gasteiger partial charge in [-0.05, 0) is 25.0 Å². The molecular formula is C14H17Cl3N2O2. The predicted octanol–water partition coefficient (Wildman–Crippen LogP) is 2.88. The normalized spacial score (nSPS) is 20.2. The first-order valence-corrected chi connectivity index (χ1v) is 7.88. The fourth-order valence-corrected chi connectivity index (χ4v) is 2.50. The van der Waals surface area contributed by atoms with Gasteiger partial charge in [-0.25, -0.2) is 0 Å². The average molecular weight is 352 g/mol. The van der Waals surface area contributed by atoms with E-state index in [1.54, 1.807) is 24.3 Å². The second-order valence-electron chi connectivity index (χ2n) is 4.86. The molecule has 116 valence electrons. The molecule has 1 amide bonds. The Morgan fingerprint density at radius 1 is 1.33 bits per heavy atom. The maximum Gasteiger partial charge on any atom is 0.252 e. The molecule has 2 rings (SSSR count). The molecule has 0 saturated carbocycles. The van der Waals surface area contributed by atoms with Gasteiger partial charge in [0.15, 0.2) is 0 Å². The fourth-order valence-electron chi connectivity index (χ4n) is 2.11. The third-order valence-electron chi connectivity index (χ3n) is 3.21. The summed E-state index contributed by atoms with van der Waals surface area (Å²) in [5.41, 5.74) is 0.510. The van der Waals surface area contributed by atoms with E-state index < -0.39 is 9.96 Å². The molecule has 1 aliphatic rings. The molecule has 21 heavy (non-hydrogen) atoms. The summed E-state index contributed by atoms with van der Waals surface area (Å²) in [5.74, 6) is -0.299. The molecule has 0 aromatic heterocycles. The van der Waals surface area contributed by atoms with Gasteiger partial charge in [0.2, 0.25) is 3.79 Å². The highest BCUT2D eigenvalue weighted by Gasteiger charge is 2.34. The number of hydrogen-bond donors (Lipinski definition) is 2. The Morgan fingerprint density at radius 2 is 2.05 bits per heavy atom. The van der Waals surface area contributed by atoms with E-state index in [9.17, 15) is 4.79 Å². The third-order valence-corrected chi connectivity index (χ3v) is 3.87. The molecule has 1 fully saturated rings. The lowest BCUT2D eigenvalue weighted by molar-refractivity contribution is 0.0897. The molecule has 0 radical (unpaired) electrons. The number of benzene rings is 1. The molecule has 0 spiro atoms. The van der Waals surface area contributed by atoms with Crippen LogP contribution in [0.5, 0.6) is 0 Å². The van der Waals surface area contributed by atoms with Crippen LogP contribution in [-0.2, 0) is 4.74 Å². The smallest absolute Gasteiger partial charge is 0.252 e. The predicted molar refractivity (Wildman–Crippen MR) is 85.0 cm³/mol. The Kier molecular flexibility index (Phi) is 6.14. The Morgan fingerprint density at radius 3 is 2.62 bits per heavy atom. The van der Waals surface area contributed by atoms with E-state index >= 15 is 0 Å². The molecule has 1 aliphatic heterocycles. The van der Waals surface area contributed by atoms with E-state index in [1.165, 1.54) is 0 Å². The molecule has 1 saturated heterocycles. The monoisotopic (exact) mass is 350 g/mol. The van der Waals surface area contributed by atoms with Gasteiger partial charge in [0, 0.05) is 18.7 Å². The SMILES string of the molecule is O=C(NC(NCC1CCCO1)C(Cl)(Cl)Cl)c1ccccc1. The average Bonchev–Trinajstić information content (AvgIpc) is 2.96. The van der Waals surface area contributed by atoms with Crippen molar-refractivity contribution in [3.63, 3.8) is 0 Å². The lowest BCUT2D eigenvalue weighted by Gasteiger charge is -2.27. The zero-order valence-corrected chi connectivity index (χ0v) is 13.6. The second-order valence-corrected chi connectivity index (χ2v) is 7.23. The van der Waals surface area contributed by atoms with Gasteiger partial charge in [-0.2, -0.15) is 0 Å². The number of halogens is 3. The van der Waals surface area contributed by atoms with Gasteiger partial charge in [-0.15, -0.1) is 0 Å². The number of ether oxygens (including phenoxy) is 1. The van der Waals surface area contributed by atoms with Crippen LogP contribution in [-0.4, -0.2) is 35.1 Å². The summed E-state index contributed by atoms with van der Waals surface area (Å²) < 4.78 is 3.85. The molecule has 0 aliphatic carbocycles. The van der Waals surface area contributed by atoms with Gasteiger partial charge in [0.05, 0.1) is 6.10 Å². The van der Waals surface area contributed by atoms with Crippen LogP contribution < -0.4 is 10.6 Å². The van der Waals surface area contributed by atoms with Crippen LogP contribution in [0.1, 0.15) is 23.2 Å². The quantitative estimate of drug-likeness (QED) is 0.633. The summed E-state index contributed by atoms with van der Waals surface area (Å²) in [6.07, 6.45) is 1.29. The van der Waals surface area contributed by atoms with E-state index in [1.807, 2.05) is 6.07 Å². The van der Waals surface area contributed by atoms with Crippen molar-refractivity contribution >= 4 is 40.7 Å². The summed E-state index contributed by atoms with van der Waals surface area (Å²) >= 11 is 17.8. The minimum absolute atomic E-state index is 0.0912. The van der Waals surface area contributed by atoms with Crippen molar-refractivity contribution in [2.75, 3.05) is 13.2 Å². The van der Waals surface area contributed by atoms with Crippen LogP contribution in [0.3, 0.4) is 0 Å². The zero-order valence-electron chi connectivity index (χ0n) is 11.3. The van der Waals surface area contributed by atoms with Gasteiger partial charge in [-0.3, -0.25) is 10.1 Å². The van der Waals surface area contributed by atoms with Gasteiger partial charge in [-0.1, -0.05) is 53.0 Å². The summed E-state index contributed by atoms with van der Waals surface area (Å²) in [6.45, 7) is 1.27. The summed E-state index contributed by atoms with van der Waals surface area (Å²) in [5, 5.41) is 5.75. The van der Waals surface area contributed by atoms with Crippen molar-refractivity contribution in [1.29, 1.82) is 0 Å². The molecule has 1 aromatic rings. The number of rotatable bonds is 5. The van der Waals surface area contributed by atoms with Crippen molar-refractivity contribution in [3.8, 4) is 0 Å². The first kappa shape index (κ1) is 16.8. The first-order chi connectivity index (χ1) is 9.97. The third kappa shape index (κ3) is 5.31. The first-order valence-electron chi connectivity index (χ1n) is 6.74. The maximum absolute atomic E-state index is 12.1. The molecule has 7 heteroatoms. The minimum atomic E-state index is -1.65. The van der Waals surface area contributed by atoms with Crippen LogP contribution in [0, 0.1) is 0 Å². The van der Waals surface area contributed by atoms with Crippen LogP contribution >= 0.6 is 34.8 Å². The molecule has 0 bridgehead atoms. The van der Waals surface area contributed by atoms with Gasteiger partial charge >= 0.3 is 0 Å². The minimum Gasteiger partial charge on any atom is -0.377 e. The highest BCUT2D eigenvalue weighted by Crippen LogP contribution is 2.29. The standard InChI is InChI=1S/C14H17Cl3N2O2/c15-14(16,17)13(18-9-11-7-4-8-21-11)19-12(20)10-5-2-1-3-6-10/h1-3,5-6,11,13,18H,4,7-9H2,(H,19,20). The molecular weight excluding hydrogens is 335 g/mol. The zero-order chi connectivity index (χ0) is 15.3. The van der Waals surface area contributed by atoms with E-state index in [2.05, 4.69) is 10.6 Å². The van der Waals surface area contributed by atoms with Crippen LogP contribution in [0.25, 0.3) is 0 Å². The summed E-state index contributed by atoms with van der Waals surface area (Å²) in [6, 6.07) is 8.78. The van der Waals surface area contributed by atoms with E-state index in [0.29, 0.717) is 12.1 Å². The topological polar surface area (TPSA) is 50.4 Å². The number of carbonyl (C=O) groups is 1. The highest BCUT2D eigenvalue weighted by molar-refractivity contribution is 6.68. The molecule has 2 unspecified atom stereocenters. The molecule has 1 aromatic carbocycles. The Labute approximate surface area is 139 Å². The van der Waals surface area contributed by atoms with Gasteiger partial charge in [0.25, 0.3) is 5.91 Å². The highest BCUT2D eigenvalue weighted by atomic mass is 35.6. The fraction of sp³-hybridized carbons (Fsp3) is 0.500. The number of hydrogen-bond acceptors (Lipinski definition) is 3. The second kappa shape index (κ2) is 7.65. The van der Waals surface area contributed by atoms with Crippen molar-refractivity contribution in [3.05, 3.63) is 35.9 Å². The lowest BCUT2D eigenvalue weighted by Crippen LogP contribution is -2.54. The van der Waals surface area contributed by atoms with E-state index in [4.69, 9.17) is 39.5 Å². The van der Waals surface area contributed by atoms with Crippen LogP contribution in [0.15, 0.2) is 30.3 Å². The number of carbonyl (C=O) groups excluding carboxylic acids is 1. The van der Waals surface area contributed by atoms with Crippen molar-refractivity contribution in [1.82, 2.24) is 10.6 Å².